The molecule has 12 heavy (non-hydrogen) atoms. The minimum absolute atomic E-state index is 0.849. The first-order chi connectivity index (χ1) is 5.77. The first-order valence-corrected chi connectivity index (χ1v) is 5.42. The van der Waals surface area contributed by atoms with Crippen LogP contribution in [-0.4, -0.2) is 13.4 Å². The van der Waals surface area contributed by atoms with Crippen molar-refractivity contribution >= 4 is 33.6 Å². The second kappa shape index (κ2) is 4.62. The van der Waals surface area contributed by atoms with Gasteiger partial charge in [0.15, 0.2) is 0 Å². The van der Waals surface area contributed by atoms with Crippen LogP contribution in [0.5, 0.6) is 5.75 Å². The van der Waals surface area contributed by atoms with Gasteiger partial charge < -0.3 is 9.46 Å². The van der Waals surface area contributed by atoms with E-state index in [1.165, 1.54) is 0 Å². The molecular formula is C8H10BrNOS. The van der Waals surface area contributed by atoms with Crippen LogP contribution in [0.3, 0.4) is 0 Å². The quantitative estimate of drug-likeness (QED) is 0.830. The molecule has 1 aromatic rings. The molecule has 0 fully saturated rings. The van der Waals surface area contributed by atoms with Crippen LogP contribution in [0.1, 0.15) is 0 Å². The molecule has 2 nitrogen and oxygen atoms in total. The molecule has 0 bridgehead atoms. The number of rotatable bonds is 3. The number of methoxy groups -OCH3 is 1. The minimum Gasteiger partial charge on any atom is -0.496 e. The van der Waals surface area contributed by atoms with Crippen molar-refractivity contribution in [2.45, 2.75) is 0 Å². The van der Waals surface area contributed by atoms with Gasteiger partial charge in [0.25, 0.3) is 0 Å². The molecule has 0 aliphatic carbocycles. The zero-order valence-electron chi connectivity index (χ0n) is 6.93. The first kappa shape index (κ1) is 9.74. The van der Waals surface area contributed by atoms with E-state index in [1.54, 1.807) is 19.1 Å². The number of ether oxygens (including phenoxy) is 1. The third-order valence-electron chi connectivity index (χ3n) is 1.37. The van der Waals surface area contributed by atoms with Gasteiger partial charge in [0.2, 0.25) is 0 Å². The Kier molecular flexibility index (Phi) is 3.75. The van der Waals surface area contributed by atoms with Crippen molar-refractivity contribution in [3.63, 3.8) is 0 Å². The van der Waals surface area contributed by atoms with E-state index in [9.17, 15) is 0 Å². The van der Waals surface area contributed by atoms with Crippen molar-refractivity contribution in [2.24, 2.45) is 0 Å². The number of halogens is 1. The predicted octanol–water partition coefficient (Wildman–Crippen LogP) is 3.15. The molecule has 0 saturated carbocycles. The summed E-state index contributed by atoms with van der Waals surface area (Å²) in [6.07, 6.45) is 1.98. The predicted molar refractivity (Wildman–Crippen MR) is 57.8 cm³/mol. The summed E-state index contributed by atoms with van der Waals surface area (Å²) in [5, 5.41) is 0. The molecule has 0 aliphatic rings. The standard InChI is InChI=1S/C8H10BrNOS/c1-11-8-4-3-6(10-12-2)5-7(8)9/h3-5,10H,1-2H3. The number of anilines is 1. The Balaban J connectivity index is 2.86. The summed E-state index contributed by atoms with van der Waals surface area (Å²) in [4.78, 5) is 0. The van der Waals surface area contributed by atoms with Crippen LogP contribution in [0.2, 0.25) is 0 Å². The van der Waals surface area contributed by atoms with Crippen LogP contribution >= 0.6 is 27.9 Å². The Labute approximate surface area is 85.0 Å². The molecule has 0 spiro atoms. The van der Waals surface area contributed by atoms with Gasteiger partial charge in [-0.05, 0) is 34.1 Å². The van der Waals surface area contributed by atoms with E-state index in [0.717, 1.165) is 15.9 Å². The lowest BCUT2D eigenvalue weighted by atomic mass is 10.3. The highest BCUT2D eigenvalue weighted by Crippen LogP contribution is 2.28. The second-order valence-corrected chi connectivity index (χ2v) is 3.62. The van der Waals surface area contributed by atoms with Crippen molar-refractivity contribution < 1.29 is 4.74 Å². The summed E-state index contributed by atoms with van der Waals surface area (Å²) in [6.45, 7) is 0. The Hall–Kier alpha value is -0.350. The van der Waals surface area contributed by atoms with E-state index >= 15 is 0 Å². The highest BCUT2D eigenvalue weighted by molar-refractivity contribution is 9.10. The van der Waals surface area contributed by atoms with Gasteiger partial charge in [0, 0.05) is 11.9 Å². The van der Waals surface area contributed by atoms with Crippen LogP contribution in [0, 0.1) is 0 Å². The lowest BCUT2D eigenvalue weighted by Gasteiger charge is -2.06. The summed E-state index contributed by atoms with van der Waals surface area (Å²) < 4.78 is 9.19. The topological polar surface area (TPSA) is 21.3 Å². The average Bonchev–Trinajstić information content (AvgIpc) is 2.05. The van der Waals surface area contributed by atoms with Crippen LogP contribution in [0.4, 0.5) is 5.69 Å². The SMILES string of the molecule is COc1ccc(NSC)cc1Br. The van der Waals surface area contributed by atoms with E-state index < -0.39 is 0 Å². The second-order valence-electron chi connectivity index (χ2n) is 2.16. The maximum atomic E-state index is 5.10. The third kappa shape index (κ3) is 2.32. The van der Waals surface area contributed by atoms with Gasteiger partial charge in [-0.1, -0.05) is 11.9 Å². The van der Waals surface area contributed by atoms with Crippen LogP contribution < -0.4 is 9.46 Å². The van der Waals surface area contributed by atoms with Crippen LogP contribution in [-0.2, 0) is 0 Å². The van der Waals surface area contributed by atoms with Crippen LogP contribution in [0.15, 0.2) is 22.7 Å². The number of hydrogen-bond donors (Lipinski definition) is 1. The summed E-state index contributed by atoms with van der Waals surface area (Å²) in [7, 11) is 1.65. The lowest BCUT2D eigenvalue weighted by molar-refractivity contribution is 0.412. The molecule has 0 radical (unpaired) electrons. The van der Waals surface area contributed by atoms with Gasteiger partial charge in [0.05, 0.1) is 11.6 Å². The molecule has 1 aromatic carbocycles. The van der Waals surface area contributed by atoms with E-state index in [-0.39, 0.29) is 0 Å². The van der Waals surface area contributed by atoms with Crippen LogP contribution in [0.25, 0.3) is 0 Å². The fourth-order valence-electron chi connectivity index (χ4n) is 0.848. The van der Waals surface area contributed by atoms with Gasteiger partial charge in [0.1, 0.15) is 5.75 Å². The lowest BCUT2D eigenvalue weighted by Crippen LogP contribution is -1.87. The monoisotopic (exact) mass is 247 g/mol. The highest BCUT2D eigenvalue weighted by Gasteiger charge is 1.99. The van der Waals surface area contributed by atoms with Crippen molar-refractivity contribution in [1.82, 2.24) is 0 Å². The number of nitrogens with one attached hydrogen (secondary N) is 1. The molecule has 4 heteroatoms. The Bertz CT molecular complexity index is 267. The zero-order valence-corrected chi connectivity index (χ0v) is 9.33. The summed E-state index contributed by atoms with van der Waals surface area (Å²) in [5.41, 5.74) is 1.06. The smallest absolute Gasteiger partial charge is 0.133 e. The van der Waals surface area contributed by atoms with E-state index in [4.69, 9.17) is 4.74 Å². The van der Waals surface area contributed by atoms with Crippen molar-refractivity contribution in [2.75, 3.05) is 18.1 Å². The fourth-order valence-corrected chi connectivity index (χ4v) is 1.75. The van der Waals surface area contributed by atoms with Gasteiger partial charge in [-0.3, -0.25) is 0 Å². The summed E-state index contributed by atoms with van der Waals surface area (Å²) >= 11 is 4.97. The molecule has 0 amide bonds. The molecular weight excluding hydrogens is 238 g/mol. The van der Waals surface area contributed by atoms with E-state index in [0.29, 0.717) is 0 Å². The molecule has 66 valence electrons. The van der Waals surface area contributed by atoms with Gasteiger partial charge in [-0.25, -0.2) is 0 Å². The Morgan fingerprint density at radius 3 is 2.75 bits per heavy atom. The van der Waals surface area contributed by atoms with E-state index in [1.807, 2.05) is 24.5 Å². The van der Waals surface area contributed by atoms with Gasteiger partial charge in [-0.15, -0.1) is 0 Å². The van der Waals surface area contributed by atoms with Gasteiger partial charge >= 0.3 is 0 Å². The molecule has 1 rings (SSSR count). The molecule has 0 aromatic heterocycles. The molecule has 0 heterocycles. The molecule has 0 saturated heterocycles. The summed E-state index contributed by atoms with van der Waals surface area (Å²) in [5.74, 6) is 0.849. The maximum Gasteiger partial charge on any atom is 0.133 e. The largest absolute Gasteiger partial charge is 0.496 e. The Morgan fingerprint density at radius 2 is 2.25 bits per heavy atom. The first-order valence-electron chi connectivity index (χ1n) is 3.40. The number of benzene rings is 1. The summed E-state index contributed by atoms with van der Waals surface area (Å²) in [6, 6.07) is 5.87. The molecule has 0 atom stereocenters. The van der Waals surface area contributed by atoms with Crippen molar-refractivity contribution in [3.05, 3.63) is 22.7 Å². The minimum atomic E-state index is 0.849. The molecule has 0 aliphatic heterocycles. The molecule has 0 unspecified atom stereocenters. The molecule has 1 N–H and O–H groups in total. The maximum absolute atomic E-state index is 5.10. The van der Waals surface area contributed by atoms with Crippen molar-refractivity contribution in [3.8, 4) is 5.75 Å². The van der Waals surface area contributed by atoms with Gasteiger partial charge in [-0.2, -0.15) is 0 Å². The van der Waals surface area contributed by atoms with Crippen molar-refractivity contribution in [1.29, 1.82) is 0 Å². The number of hydrogen-bond acceptors (Lipinski definition) is 3. The Morgan fingerprint density at radius 1 is 1.50 bits per heavy atom. The van der Waals surface area contributed by atoms with E-state index in [2.05, 4.69) is 20.7 Å². The average molecular weight is 248 g/mol. The fraction of sp³-hybridized carbons (Fsp3) is 0.250. The highest BCUT2D eigenvalue weighted by atomic mass is 79.9. The normalized spacial score (nSPS) is 9.58. The third-order valence-corrected chi connectivity index (χ3v) is 2.43. The zero-order chi connectivity index (χ0) is 8.97.